The van der Waals surface area contributed by atoms with Crippen LogP contribution in [0.1, 0.15) is 24.5 Å². The van der Waals surface area contributed by atoms with E-state index in [0.29, 0.717) is 25.4 Å². The maximum atomic E-state index is 12.6. The number of nitrogens with zero attached hydrogens (tertiary/aromatic N) is 1. The molecule has 166 valence electrons. The molecule has 0 heterocycles. The summed E-state index contributed by atoms with van der Waals surface area (Å²) in [5, 5.41) is 5.46. The van der Waals surface area contributed by atoms with E-state index in [4.69, 9.17) is 4.74 Å². The molecule has 2 N–H and O–H groups in total. The molecule has 3 aromatic carbocycles. The Labute approximate surface area is 189 Å². The van der Waals surface area contributed by atoms with Gasteiger partial charge in [0.25, 0.3) is 0 Å². The van der Waals surface area contributed by atoms with Crippen LogP contribution < -0.4 is 15.4 Å². The van der Waals surface area contributed by atoms with Crippen molar-refractivity contribution in [2.45, 2.75) is 26.5 Å². The molecule has 0 aliphatic heterocycles. The molecule has 0 radical (unpaired) electrons. The highest BCUT2D eigenvalue weighted by Crippen LogP contribution is 2.16. The van der Waals surface area contributed by atoms with Crippen molar-refractivity contribution in [3.8, 4) is 5.75 Å². The first-order valence-corrected chi connectivity index (χ1v) is 10.8. The van der Waals surface area contributed by atoms with Gasteiger partial charge in [-0.15, -0.1) is 0 Å². The zero-order valence-corrected chi connectivity index (χ0v) is 18.3. The molecule has 0 saturated carbocycles. The largest absolute Gasteiger partial charge is 0.489 e. The summed E-state index contributed by atoms with van der Waals surface area (Å²) in [4.78, 5) is 26.3. The summed E-state index contributed by atoms with van der Waals surface area (Å²) in [5.41, 5.74) is 2.86. The van der Waals surface area contributed by atoms with Crippen LogP contribution in [0.4, 0.5) is 10.5 Å². The minimum Gasteiger partial charge on any atom is -0.489 e. The summed E-state index contributed by atoms with van der Waals surface area (Å²) in [5.74, 6) is 0.789. The Morgan fingerprint density at radius 2 is 1.50 bits per heavy atom. The van der Waals surface area contributed by atoms with Crippen LogP contribution in [0.2, 0.25) is 0 Å². The molecular formula is C26H29N3O3. The number of hydrogen-bond donors (Lipinski definition) is 2. The number of carbonyl (C=O) groups excluding carboxylic acids is 2. The second kappa shape index (κ2) is 12.2. The molecule has 3 aromatic rings. The van der Waals surface area contributed by atoms with Crippen LogP contribution in [-0.4, -0.2) is 29.9 Å². The van der Waals surface area contributed by atoms with Gasteiger partial charge in [0.2, 0.25) is 5.91 Å². The molecule has 6 heteroatoms. The number of rotatable bonds is 10. The van der Waals surface area contributed by atoms with Crippen LogP contribution in [0.25, 0.3) is 0 Å². The van der Waals surface area contributed by atoms with Crippen LogP contribution in [0.15, 0.2) is 84.9 Å². The topological polar surface area (TPSA) is 70.7 Å². The highest BCUT2D eigenvalue weighted by atomic mass is 16.5. The van der Waals surface area contributed by atoms with Gasteiger partial charge in [-0.05, 0) is 42.3 Å². The van der Waals surface area contributed by atoms with Gasteiger partial charge in [0.1, 0.15) is 12.4 Å². The van der Waals surface area contributed by atoms with Crippen molar-refractivity contribution in [3.63, 3.8) is 0 Å². The summed E-state index contributed by atoms with van der Waals surface area (Å²) in [6, 6.07) is 26.7. The molecule has 0 aliphatic rings. The van der Waals surface area contributed by atoms with Gasteiger partial charge in [-0.25, -0.2) is 4.79 Å². The highest BCUT2D eigenvalue weighted by Gasteiger charge is 2.13. The van der Waals surface area contributed by atoms with E-state index in [-0.39, 0.29) is 24.9 Å². The molecule has 0 fully saturated rings. The molecule has 0 bridgehead atoms. The van der Waals surface area contributed by atoms with E-state index in [9.17, 15) is 9.59 Å². The van der Waals surface area contributed by atoms with Gasteiger partial charge in [-0.1, -0.05) is 60.7 Å². The van der Waals surface area contributed by atoms with Crippen LogP contribution in [0.5, 0.6) is 5.75 Å². The Bertz CT molecular complexity index is 976. The first-order chi connectivity index (χ1) is 15.6. The number of ether oxygens (including phenoxy) is 1. The smallest absolute Gasteiger partial charge is 0.319 e. The molecule has 3 amide bonds. The predicted octanol–water partition coefficient (Wildman–Crippen LogP) is 4.83. The summed E-state index contributed by atoms with van der Waals surface area (Å²) in [7, 11) is 0. The van der Waals surface area contributed by atoms with Gasteiger partial charge in [0.15, 0.2) is 0 Å². The Kier molecular flexibility index (Phi) is 8.69. The maximum Gasteiger partial charge on any atom is 0.319 e. The molecule has 0 spiro atoms. The number of nitrogens with one attached hydrogen (secondary N) is 2. The Morgan fingerprint density at radius 3 is 2.16 bits per heavy atom. The quantitative estimate of drug-likeness (QED) is 0.483. The average molecular weight is 432 g/mol. The normalized spacial score (nSPS) is 10.3. The molecule has 0 unspecified atom stereocenters. The van der Waals surface area contributed by atoms with E-state index < -0.39 is 0 Å². The van der Waals surface area contributed by atoms with Crippen molar-refractivity contribution in [3.05, 3.63) is 96.1 Å². The van der Waals surface area contributed by atoms with Gasteiger partial charge in [-0.2, -0.15) is 0 Å². The van der Waals surface area contributed by atoms with Crippen LogP contribution in [-0.2, 0) is 17.9 Å². The number of urea groups is 1. The van der Waals surface area contributed by atoms with E-state index in [2.05, 4.69) is 10.6 Å². The average Bonchev–Trinajstić information content (AvgIpc) is 2.83. The predicted molar refractivity (Wildman–Crippen MR) is 126 cm³/mol. The van der Waals surface area contributed by atoms with Gasteiger partial charge >= 0.3 is 6.03 Å². The third kappa shape index (κ3) is 7.47. The molecule has 0 aromatic heterocycles. The number of amides is 3. The highest BCUT2D eigenvalue weighted by molar-refractivity contribution is 5.89. The molecular weight excluding hydrogens is 402 g/mol. The van der Waals surface area contributed by atoms with Gasteiger partial charge in [0, 0.05) is 31.7 Å². The minimum absolute atomic E-state index is 0.00286. The SMILES string of the molecule is CCN(Cc1ccc(OCc2ccccc2)cc1)C(=O)CCNC(=O)Nc1ccccc1. The van der Waals surface area contributed by atoms with E-state index in [1.165, 1.54) is 0 Å². The summed E-state index contributed by atoms with van der Waals surface area (Å²) >= 11 is 0. The van der Waals surface area contributed by atoms with Crippen molar-refractivity contribution in [1.29, 1.82) is 0 Å². The van der Waals surface area contributed by atoms with E-state index in [0.717, 1.165) is 16.9 Å². The number of anilines is 1. The van der Waals surface area contributed by atoms with Crippen LogP contribution >= 0.6 is 0 Å². The summed E-state index contributed by atoms with van der Waals surface area (Å²) < 4.78 is 5.82. The lowest BCUT2D eigenvalue weighted by Gasteiger charge is -2.21. The number of para-hydroxylation sites is 1. The first-order valence-electron chi connectivity index (χ1n) is 10.8. The molecule has 0 atom stereocenters. The van der Waals surface area contributed by atoms with Gasteiger partial charge in [-0.3, -0.25) is 4.79 Å². The van der Waals surface area contributed by atoms with Crippen LogP contribution in [0.3, 0.4) is 0 Å². The zero-order valence-electron chi connectivity index (χ0n) is 18.3. The third-order valence-electron chi connectivity index (χ3n) is 4.94. The number of benzene rings is 3. The van der Waals surface area contributed by atoms with Crippen molar-refractivity contribution >= 4 is 17.6 Å². The molecule has 0 aliphatic carbocycles. The van der Waals surface area contributed by atoms with E-state index >= 15 is 0 Å². The third-order valence-corrected chi connectivity index (χ3v) is 4.94. The second-order valence-electron chi connectivity index (χ2n) is 7.32. The van der Waals surface area contributed by atoms with Gasteiger partial charge < -0.3 is 20.3 Å². The Balaban J connectivity index is 1.41. The lowest BCUT2D eigenvalue weighted by molar-refractivity contribution is -0.131. The Morgan fingerprint density at radius 1 is 0.844 bits per heavy atom. The fraction of sp³-hybridized carbons (Fsp3) is 0.231. The molecule has 0 saturated heterocycles. The standard InChI is InChI=1S/C26H29N3O3/c1-2-29(25(30)17-18-27-26(31)28-23-11-7-4-8-12-23)19-21-13-15-24(16-14-21)32-20-22-9-5-3-6-10-22/h3-16H,2,17-20H2,1H3,(H2,27,28,31). The second-order valence-corrected chi connectivity index (χ2v) is 7.32. The van der Waals surface area contributed by atoms with E-state index in [1.807, 2.05) is 91.9 Å². The zero-order chi connectivity index (χ0) is 22.6. The minimum atomic E-state index is -0.321. The summed E-state index contributed by atoms with van der Waals surface area (Å²) in [6.45, 7) is 3.86. The van der Waals surface area contributed by atoms with Crippen LogP contribution in [0, 0.1) is 0 Å². The number of carbonyl (C=O) groups is 2. The lowest BCUT2D eigenvalue weighted by atomic mass is 10.2. The lowest BCUT2D eigenvalue weighted by Crippen LogP contribution is -2.35. The maximum absolute atomic E-state index is 12.6. The summed E-state index contributed by atoms with van der Waals surface area (Å²) in [6.07, 6.45) is 0.244. The number of hydrogen-bond acceptors (Lipinski definition) is 3. The first kappa shape index (κ1) is 22.9. The van der Waals surface area contributed by atoms with Crippen molar-refractivity contribution < 1.29 is 14.3 Å². The Hall–Kier alpha value is -3.80. The fourth-order valence-corrected chi connectivity index (χ4v) is 3.17. The molecule has 3 rings (SSSR count). The fourth-order valence-electron chi connectivity index (χ4n) is 3.17. The van der Waals surface area contributed by atoms with Crippen molar-refractivity contribution in [2.24, 2.45) is 0 Å². The van der Waals surface area contributed by atoms with Crippen molar-refractivity contribution in [1.82, 2.24) is 10.2 Å². The molecule has 6 nitrogen and oxygen atoms in total. The van der Waals surface area contributed by atoms with Gasteiger partial charge in [0.05, 0.1) is 0 Å². The molecule has 32 heavy (non-hydrogen) atoms. The van der Waals surface area contributed by atoms with E-state index in [1.54, 1.807) is 4.90 Å². The monoisotopic (exact) mass is 431 g/mol. The van der Waals surface area contributed by atoms with Crippen molar-refractivity contribution in [2.75, 3.05) is 18.4 Å².